The van der Waals surface area contributed by atoms with Gasteiger partial charge in [0.2, 0.25) is 5.91 Å². The molecule has 5 rings (SSSR count). The van der Waals surface area contributed by atoms with Crippen LogP contribution in [-0.2, 0) is 9.59 Å². The van der Waals surface area contributed by atoms with Crippen LogP contribution >= 0.6 is 11.8 Å². The Morgan fingerprint density at radius 3 is 2.10 bits per heavy atom. The highest BCUT2D eigenvalue weighted by Gasteiger charge is 2.24. The number of nitro groups is 1. The highest BCUT2D eigenvalue weighted by atomic mass is 32.2. The van der Waals surface area contributed by atoms with Crippen molar-refractivity contribution >= 4 is 52.6 Å². The number of amides is 3. The Morgan fingerprint density at radius 2 is 1.44 bits per heavy atom. The van der Waals surface area contributed by atoms with Gasteiger partial charge in [-0.05, 0) is 66.2 Å². The first kappa shape index (κ1) is 34.9. The van der Waals surface area contributed by atoms with E-state index in [1.165, 1.54) is 50.3 Å². The summed E-state index contributed by atoms with van der Waals surface area (Å²) in [6.07, 6.45) is 1.26. The van der Waals surface area contributed by atoms with Crippen molar-refractivity contribution in [3.05, 3.63) is 160 Å². The van der Waals surface area contributed by atoms with Crippen LogP contribution in [0.2, 0.25) is 0 Å². The minimum atomic E-state index is -0.693. The van der Waals surface area contributed by atoms with Gasteiger partial charge < -0.3 is 25.4 Å². The molecule has 1 atom stereocenters. The van der Waals surface area contributed by atoms with Crippen molar-refractivity contribution in [2.75, 3.05) is 24.9 Å². The number of carbonyl (C=O) groups is 3. The summed E-state index contributed by atoms with van der Waals surface area (Å²) < 4.78 is 10.8. The molecule has 0 aromatic heterocycles. The van der Waals surface area contributed by atoms with E-state index in [0.717, 1.165) is 10.5 Å². The maximum atomic E-state index is 13.7. The van der Waals surface area contributed by atoms with E-state index in [2.05, 4.69) is 16.0 Å². The van der Waals surface area contributed by atoms with Crippen LogP contribution in [0.3, 0.4) is 0 Å². The van der Waals surface area contributed by atoms with Crippen molar-refractivity contribution in [3.8, 4) is 11.5 Å². The molecule has 0 fully saturated rings. The summed E-state index contributed by atoms with van der Waals surface area (Å²) in [6, 6.07) is 35.5. The molecule has 0 spiro atoms. The fraction of sp³-hybridized carbons (Fsp3) is 0.0789. The molecule has 252 valence electrons. The second-order valence-electron chi connectivity index (χ2n) is 10.6. The lowest BCUT2D eigenvalue weighted by atomic mass is 10.1. The summed E-state index contributed by atoms with van der Waals surface area (Å²) >= 11 is 1.31. The molecule has 0 aliphatic carbocycles. The molecule has 0 heterocycles. The van der Waals surface area contributed by atoms with Crippen molar-refractivity contribution in [2.24, 2.45) is 0 Å². The van der Waals surface area contributed by atoms with Crippen LogP contribution in [0.5, 0.6) is 11.5 Å². The molecule has 0 aliphatic rings. The molecule has 1 unspecified atom stereocenters. The Hall–Kier alpha value is -6.40. The summed E-state index contributed by atoms with van der Waals surface area (Å²) in [5, 5.41) is 19.3. The number of nitro benzene ring substituents is 1. The van der Waals surface area contributed by atoms with Gasteiger partial charge in [0.25, 0.3) is 17.5 Å². The molecule has 0 saturated heterocycles. The first-order chi connectivity index (χ1) is 24.2. The van der Waals surface area contributed by atoms with E-state index < -0.39 is 22.0 Å². The summed E-state index contributed by atoms with van der Waals surface area (Å²) in [6.45, 7) is 0. The number of rotatable bonds is 13. The number of para-hydroxylation sites is 1. The third-order valence-corrected chi connectivity index (χ3v) is 8.60. The summed E-state index contributed by atoms with van der Waals surface area (Å²) in [4.78, 5) is 52.1. The quantitative estimate of drug-likeness (QED) is 0.0499. The third kappa shape index (κ3) is 8.94. The van der Waals surface area contributed by atoms with Crippen molar-refractivity contribution < 1.29 is 28.8 Å². The predicted octanol–water partition coefficient (Wildman–Crippen LogP) is 7.49. The SMILES string of the molecule is COc1ccc(OC)c(NC(=O)C(Sc2ccc(NC(=O)/C(=C/c3ccccc3[N+](=O)[O-])NC(=O)c3ccccc3)cc2)c2ccccc2)c1. The van der Waals surface area contributed by atoms with Crippen LogP contribution in [0, 0.1) is 10.1 Å². The predicted molar refractivity (Wildman–Crippen MR) is 193 cm³/mol. The third-order valence-electron chi connectivity index (χ3n) is 7.33. The normalized spacial score (nSPS) is 11.5. The zero-order chi connectivity index (χ0) is 35.5. The van der Waals surface area contributed by atoms with Gasteiger partial charge in [0, 0.05) is 28.3 Å². The van der Waals surface area contributed by atoms with E-state index in [9.17, 15) is 24.5 Å². The molecular weight excluding hydrogens is 657 g/mol. The Labute approximate surface area is 292 Å². The molecule has 0 aliphatic heterocycles. The fourth-order valence-corrected chi connectivity index (χ4v) is 5.86. The van der Waals surface area contributed by atoms with Gasteiger partial charge in [0.1, 0.15) is 22.4 Å². The van der Waals surface area contributed by atoms with Gasteiger partial charge in [-0.15, -0.1) is 11.8 Å². The van der Waals surface area contributed by atoms with Crippen LogP contribution < -0.4 is 25.4 Å². The zero-order valence-electron chi connectivity index (χ0n) is 27.0. The van der Waals surface area contributed by atoms with E-state index in [1.807, 2.05) is 30.3 Å². The molecule has 3 amide bonds. The van der Waals surface area contributed by atoms with Crippen LogP contribution in [0.15, 0.2) is 138 Å². The number of nitrogens with one attached hydrogen (secondary N) is 3. The van der Waals surface area contributed by atoms with Gasteiger partial charge in [-0.1, -0.05) is 60.7 Å². The zero-order valence-corrected chi connectivity index (χ0v) is 27.8. The monoisotopic (exact) mass is 688 g/mol. The smallest absolute Gasteiger partial charge is 0.276 e. The molecule has 5 aromatic rings. The molecule has 0 saturated carbocycles. The highest BCUT2D eigenvalue weighted by Crippen LogP contribution is 2.38. The van der Waals surface area contributed by atoms with Gasteiger partial charge >= 0.3 is 0 Å². The minimum Gasteiger partial charge on any atom is -0.497 e. The van der Waals surface area contributed by atoms with E-state index in [4.69, 9.17) is 9.47 Å². The average molecular weight is 689 g/mol. The number of methoxy groups -OCH3 is 2. The summed E-state index contributed by atoms with van der Waals surface area (Å²) in [7, 11) is 3.05. The van der Waals surface area contributed by atoms with Gasteiger partial charge in [-0.2, -0.15) is 0 Å². The second kappa shape index (κ2) is 16.6. The number of ether oxygens (including phenoxy) is 2. The minimum absolute atomic E-state index is 0.138. The largest absolute Gasteiger partial charge is 0.497 e. The lowest BCUT2D eigenvalue weighted by Gasteiger charge is -2.19. The Kier molecular flexibility index (Phi) is 11.6. The molecule has 11 nitrogen and oxygen atoms in total. The summed E-state index contributed by atoms with van der Waals surface area (Å²) in [5.74, 6) is -0.506. The molecule has 5 aromatic carbocycles. The van der Waals surface area contributed by atoms with Crippen molar-refractivity contribution in [1.82, 2.24) is 5.32 Å². The number of thioether (sulfide) groups is 1. The van der Waals surface area contributed by atoms with Gasteiger partial charge in [-0.25, -0.2) is 0 Å². The lowest BCUT2D eigenvalue weighted by molar-refractivity contribution is -0.385. The maximum absolute atomic E-state index is 13.7. The second-order valence-corrected chi connectivity index (χ2v) is 11.8. The van der Waals surface area contributed by atoms with Crippen molar-refractivity contribution in [2.45, 2.75) is 10.1 Å². The molecule has 12 heteroatoms. The maximum Gasteiger partial charge on any atom is 0.276 e. The molecule has 0 radical (unpaired) electrons. The van der Waals surface area contributed by atoms with Crippen LogP contribution in [0.1, 0.15) is 26.7 Å². The Balaban J connectivity index is 1.37. The number of hydrogen-bond acceptors (Lipinski definition) is 8. The van der Waals surface area contributed by atoms with Gasteiger partial charge in [0.15, 0.2) is 0 Å². The van der Waals surface area contributed by atoms with Crippen molar-refractivity contribution in [3.63, 3.8) is 0 Å². The van der Waals surface area contributed by atoms with Crippen LogP contribution in [0.25, 0.3) is 6.08 Å². The number of hydrogen-bond donors (Lipinski definition) is 3. The number of benzene rings is 5. The van der Waals surface area contributed by atoms with E-state index in [1.54, 1.807) is 78.9 Å². The van der Waals surface area contributed by atoms with E-state index in [0.29, 0.717) is 28.4 Å². The first-order valence-electron chi connectivity index (χ1n) is 15.2. The van der Waals surface area contributed by atoms with E-state index >= 15 is 0 Å². The number of nitrogens with zero attached hydrogens (tertiary/aromatic N) is 1. The molecule has 0 bridgehead atoms. The Morgan fingerprint density at radius 1 is 0.780 bits per heavy atom. The number of anilines is 2. The first-order valence-corrected chi connectivity index (χ1v) is 16.1. The highest BCUT2D eigenvalue weighted by molar-refractivity contribution is 8.00. The van der Waals surface area contributed by atoms with Crippen LogP contribution in [0.4, 0.5) is 17.1 Å². The van der Waals surface area contributed by atoms with Crippen LogP contribution in [-0.4, -0.2) is 36.9 Å². The lowest BCUT2D eigenvalue weighted by Crippen LogP contribution is -2.30. The molecular formula is C38H32N4O7S. The average Bonchev–Trinajstić information content (AvgIpc) is 3.14. The Bertz CT molecular complexity index is 2020. The van der Waals surface area contributed by atoms with Gasteiger partial charge in [-0.3, -0.25) is 24.5 Å². The standard InChI is InChI=1S/C38H32N4O7S/c1-48-29-19-22-34(49-2)31(24-29)40-38(45)35(25-11-5-3-6-12-25)50-30-20-17-28(18-21-30)39-37(44)32(41-36(43)26-13-7-4-8-14-26)23-27-15-9-10-16-33(27)42(46)47/h3-24,35H,1-2H3,(H,39,44)(H,40,45)(H,41,43)/b32-23-. The topological polar surface area (TPSA) is 149 Å². The number of carbonyl (C=O) groups excluding carboxylic acids is 3. The summed E-state index contributed by atoms with van der Waals surface area (Å²) in [5.41, 5.74) is 1.64. The van der Waals surface area contributed by atoms with E-state index in [-0.39, 0.29) is 22.9 Å². The van der Waals surface area contributed by atoms with Crippen molar-refractivity contribution in [1.29, 1.82) is 0 Å². The molecule has 50 heavy (non-hydrogen) atoms. The van der Waals surface area contributed by atoms with Gasteiger partial charge in [0.05, 0.1) is 30.4 Å². The fourth-order valence-electron chi connectivity index (χ4n) is 4.84. The molecule has 3 N–H and O–H groups in total.